The topological polar surface area (TPSA) is 110 Å². The molecule has 0 fully saturated rings. The van der Waals surface area contributed by atoms with Crippen LogP contribution in [0.5, 0.6) is 0 Å². The number of aromatic nitrogens is 4. The van der Waals surface area contributed by atoms with Crippen LogP contribution in [0.15, 0.2) is 66.2 Å². The lowest BCUT2D eigenvalue weighted by Crippen LogP contribution is -2.16. The van der Waals surface area contributed by atoms with Gasteiger partial charge in [-0.05, 0) is 30.0 Å². The fourth-order valence-corrected chi connectivity index (χ4v) is 3.89. The number of thioether (sulfide) groups is 1. The Morgan fingerprint density at radius 2 is 1.97 bits per heavy atom. The van der Waals surface area contributed by atoms with Crippen LogP contribution in [0.4, 0.5) is 5.69 Å². The van der Waals surface area contributed by atoms with Gasteiger partial charge in [-0.15, -0.1) is 0 Å². The van der Waals surface area contributed by atoms with Gasteiger partial charge in [-0.1, -0.05) is 53.7 Å². The molecule has 2 N–H and O–H groups in total. The van der Waals surface area contributed by atoms with Crippen LogP contribution in [0.3, 0.4) is 0 Å². The number of anilines is 1. The third kappa shape index (κ3) is 4.58. The van der Waals surface area contributed by atoms with E-state index in [1.54, 1.807) is 35.3 Å². The Kier molecular flexibility index (Phi) is 6.38. The van der Waals surface area contributed by atoms with Gasteiger partial charge in [0.15, 0.2) is 10.9 Å². The first-order valence-electron chi connectivity index (χ1n) is 9.57. The highest BCUT2D eigenvalue weighted by atomic mass is 35.5. The fraction of sp³-hybridized carbons (Fsp3) is 0.136. The van der Waals surface area contributed by atoms with Crippen molar-refractivity contribution >= 4 is 52.0 Å². The maximum atomic E-state index is 12.8. The van der Waals surface area contributed by atoms with Crippen molar-refractivity contribution in [1.29, 1.82) is 0 Å². The molecule has 1 unspecified atom stereocenters. The largest absolute Gasteiger partial charge is 0.481 e. The van der Waals surface area contributed by atoms with E-state index in [0.717, 1.165) is 5.56 Å². The summed E-state index contributed by atoms with van der Waals surface area (Å²) in [6.07, 6.45) is 4.70. The molecular formula is C22H18ClN5O3S. The molecule has 162 valence electrons. The van der Waals surface area contributed by atoms with Gasteiger partial charge < -0.3 is 15.0 Å². The molecular weight excluding hydrogens is 450 g/mol. The summed E-state index contributed by atoms with van der Waals surface area (Å²) in [6, 6.07) is 14.1. The van der Waals surface area contributed by atoms with Gasteiger partial charge in [-0.3, -0.25) is 9.59 Å². The number of carbonyl (C=O) groups excluding carboxylic acids is 1. The number of halogens is 1. The molecule has 0 aliphatic rings. The van der Waals surface area contributed by atoms with Crippen molar-refractivity contribution in [3.8, 4) is 0 Å². The van der Waals surface area contributed by atoms with E-state index in [9.17, 15) is 14.7 Å². The number of carbonyl (C=O) groups is 2. The number of carboxylic acid groups (broad SMARTS) is 1. The summed E-state index contributed by atoms with van der Waals surface area (Å²) in [6.45, 7) is 0. The Balaban J connectivity index is 1.69. The number of fused-ring (bicyclic) bond motifs is 1. The van der Waals surface area contributed by atoms with E-state index in [-0.39, 0.29) is 17.1 Å². The lowest BCUT2D eigenvalue weighted by atomic mass is 10.0. The van der Waals surface area contributed by atoms with Crippen LogP contribution in [-0.4, -0.2) is 42.8 Å². The summed E-state index contributed by atoms with van der Waals surface area (Å²) in [4.78, 5) is 36.9. The van der Waals surface area contributed by atoms with Gasteiger partial charge in [0, 0.05) is 5.69 Å². The number of carboxylic acids is 1. The van der Waals surface area contributed by atoms with Gasteiger partial charge in [-0.2, -0.15) is 0 Å². The van der Waals surface area contributed by atoms with Crippen molar-refractivity contribution in [3.63, 3.8) is 0 Å². The van der Waals surface area contributed by atoms with Crippen LogP contribution in [0.2, 0.25) is 5.02 Å². The lowest BCUT2D eigenvalue weighted by molar-refractivity contribution is -0.137. The summed E-state index contributed by atoms with van der Waals surface area (Å²) in [7, 11) is 0. The molecule has 8 nitrogen and oxygen atoms in total. The molecule has 0 aliphatic heterocycles. The zero-order valence-electron chi connectivity index (χ0n) is 16.9. The second kappa shape index (κ2) is 9.37. The minimum atomic E-state index is -0.923. The molecule has 0 bridgehead atoms. The maximum Gasteiger partial charge on any atom is 0.305 e. The number of nitrogens with zero attached hydrogens (tertiary/aromatic N) is 4. The van der Waals surface area contributed by atoms with Crippen LogP contribution >= 0.6 is 23.4 Å². The third-order valence-corrected chi connectivity index (χ3v) is 5.68. The predicted molar refractivity (Wildman–Crippen MR) is 123 cm³/mol. The summed E-state index contributed by atoms with van der Waals surface area (Å²) >= 11 is 7.42. The highest BCUT2D eigenvalue weighted by Crippen LogP contribution is 2.28. The summed E-state index contributed by atoms with van der Waals surface area (Å²) < 4.78 is 1.80. The van der Waals surface area contributed by atoms with E-state index in [1.165, 1.54) is 18.0 Å². The van der Waals surface area contributed by atoms with Crippen LogP contribution in [0.1, 0.15) is 28.5 Å². The number of amides is 1. The highest BCUT2D eigenvalue weighted by molar-refractivity contribution is 7.98. The number of hydrogen-bond acceptors (Lipinski definition) is 6. The number of benzene rings is 2. The lowest BCUT2D eigenvalue weighted by Gasteiger charge is -2.18. The first kappa shape index (κ1) is 21.8. The number of aliphatic carboxylic acids is 1. The molecule has 4 rings (SSSR count). The van der Waals surface area contributed by atoms with Crippen molar-refractivity contribution < 1.29 is 14.7 Å². The zero-order chi connectivity index (χ0) is 22.7. The molecule has 0 saturated carbocycles. The number of rotatable bonds is 7. The molecule has 2 aromatic carbocycles. The SMILES string of the molecule is CSc1ncc(Cl)c(C(=O)Nc2ccc3ncn(C(CC(=O)O)c4ccccc4)c3c2)n1. The molecule has 0 saturated heterocycles. The summed E-state index contributed by atoms with van der Waals surface area (Å²) in [5.41, 5.74) is 2.80. The molecule has 10 heteroatoms. The molecule has 0 spiro atoms. The Labute approximate surface area is 192 Å². The van der Waals surface area contributed by atoms with Gasteiger partial charge in [0.1, 0.15) is 0 Å². The third-order valence-electron chi connectivity index (χ3n) is 4.84. The van der Waals surface area contributed by atoms with E-state index in [4.69, 9.17) is 11.6 Å². The number of nitrogens with one attached hydrogen (secondary N) is 1. The van der Waals surface area contributed by atoms with E-state index in [1.807, 2.05) is 30.3 Å². The second-order valence-corrected chi connectivity index (χ2v) is 8.07. The first-order chi connectivity index (χ1) is 15.5. The molecule has 4 aromatic rings. The highest BCUT2D eigenvalue weighted by Gasteiger charge is 2.20. The normalized spacial score (nSPS) is 11.9. The molecule has 32 heavy (non-hydrogen) atoms. The zero-order valence-corrected chi connectivity index (χ0v) is 18.5. The first-order valence-corrected chi connectivity index (χ1v) is 11.2. The van der Waals surface area contributed by atoms with Gasteiger partial charge in [0.25, 0.3) is 5.91 Å². The fourth-order valence-electron chi connectivity index (χ4n) is 3.37. The van der Waals surface area contributed by atoms with Gasteiger partial charge >= 0.3 is 5.97 Å². The molecule has 0 aliphatic carbocycles. The van der Waals surface area contributed by atoms with Crippen LogP contribution in [0, 0.1) is 0 Å². The molecule has 2 heterocycles. The average molecular weight is 468 g/mol. The summed E-state index contributed by atoms with van der Waals surface area (Å²) in [5.74, 6) is -1.39. The quantitative estimate of drug-likeness (QED) is 0.303. The van der Waals surface area contributed by atoms with Gasteiger partial charge in [0.2, 0.25) is 0 Å². The molecule has 1 amide bonds. The van der Waals surface area contributed by atoms with Crippen molar-refractivity contribution in [1.82, 2.24) is 19.5 Å². The van der Waals surface area contributed by atoms with Crippen LogP contribution in [-0.2, 0) is 4.79 Å². The van der Waals surface area contributed by atoms with Crippen molar-refractivity contribution in [2.24, 2.45) is 0 Å². The molecule has 2 aromatic heterocycles. The maximum absolute atomic E-state index is 12.8. The van der Waals surface area contributed by atoms with Gasteiger partial charge in [-0.25, -0.2) is 15.0 Å². The average Bonchev–Trinajstić information content (AvgIpc) is 3.21. The Hall–Kier alpha value is -3.43. The smallest absolute Gasteiger partial charge is 0.305 e. The van der Waals surface area contributed by atoms with Crippen molar-refractivity contribution in [2.45, 2.75) is 17.6 Å². The minimum Gasteiger partial charge on any atom is -0.481 e. The van der Waals surface area contributed by atoms with Crippen molar-refractivity contribution in [2.75, 3.05) is 11.6 Å². The Morgan fingerprint density at radius 1 is 1.19 bits per heavy atom. The number of hydrogen-bond donors (Lipinski definition) is 2. The second-order valence-electron chi connectivity index (χ2n) is 6.89. The van der Waals surface area contributed by atoms with E-state index >= 15 is 0 Å². The standard InChI is InChI=1S/C22H18ClN5O3S/c1-32-22-24-11-15(23)20(27-22)21(31)26-14-7-8-16-18(9-14)28(12-25-16)17(10-19(29)30)13-5-3-2-4-6-13/h2-9,11-12,17H,10H2,1H3,(H,26,31)(H,29,30). The predicted octanol–water partition coefficient (Wildman–Crippen LogP) is 4.52. The summed E-state index contributed by atoms with van der Waals surface area (Å²) in [5, 5.41) is 12.9. The van der Waals surface area contributed by atoms with E-state index in [2.05, 4.69) is 20.3 Å². The van der Waals surface area contributed by atoms with Crippen LogP contribution < -0.4 is 5.32 Å². The van der Waals surface area contributed by atoms with Crippen LogP contribution in [0.25, 0.3) is 11.0 Å². The Morgan fingerprint density at radius 3 is 2.69 bits per heavy atom. The van der Waals surface area contributed by atoms with E-state index in [0.29, 0.717) is 21.9 Å². The minimum absolute atomic E-state index is 0.0765. The molecule has 0 radical (unpaired) electrons. The van der Waals surface area contributed by atoms with E-state index < -0.39 is 17.9 Å². The Bertz CT molecular complexity index is 1300. The monoisotopic (exact) mass is 467 g/mol. The van der Waals surface area contributed by atoms with Crippen molar-refractivity contribution in [3.05, 3.63) is 77.3 Å². The number of imidazole rings is 1. The van der Waals surface area contributed by atoms with Gasteiger partial charge in [0.05, 0.1) is 41.0 Å². The molecule has 1 atom stereocenters.